The van der Waals surface area contributed by atoms with Crippen molar-refractivity contribution in [3.63, 3.8) is 0 Å². The summed E-state index contributed by atoms with van der Waals surface area (Å²) in [6, 6.07) is 13.5. The molecule has 2 aromatic heterocycles. The highest BCUT2D eigenvalue weighted by atomic mass is 35.5. The van der Waals surface area contributed by atoms with Crippen molar-refractivity contribution in [2.24, 2.45) is 0 Å². The van der Waals surface area contributed by atoms with Crippen LogP contribution in [0.5, 0.6) is 11.6 Å². The van der Waals surface area contributed by atoms with E-state index in [4.69, 9.17) is 32.4 Å². The molecule has 2 aromatic carbocycles. The number of benzene rings is 2. The van der Waals surface area contributed by atoms with E-state index in [0.29, 0.717) is 15.6 Å². The lowest BCUT2D eigenvalue weighted by molar-refractivity contribution is -0.137. The molecule has 0 aliphatic carbocycles. The fraction of sp³-hybridized carbons (Fsp3) is 0.0500. The van der Waals surface area contributed by atoms with Crippen LogP contribution in [0.2, 0.25) is 10.0 Å². The van der Waals surface area contributed by atoms with Gasteiger partial charge >= 0.3 is 6.18 Å². The van der Waals surface area contributed by atoms with Crippen LogP contribution in [0, 0.1) is 0 Å². The Kier molecular flexibility index (Phi) is 5.36. The van der Waals surface area contributed by atoms with Crippen molar-refractivity contribution < 1.29 is 22.3 Å². The van der Waals surface area contributed by atoms with Gasteiger partial charge in [0.2, 0.25) is 17.7 Å². The van der Waals surface area contributed by atoms with Gasteiger partial charge in [-0.15, -0.1) is 10.2 Å². The van der Waals surface area contributed by atoms with Gasteiger partial charge in [-0.1, -0.05) is 35.3 Å². The first-order chi connectivity index (χ1) is 14.3. The van der Waals surface area contributed by atoms with E-state index in [1.807, 2.05) is 0 Å². The summed E-state index contributed by atoms with van der Waals surface area (Å²) in [5.74, 6) is -0.321. The molecule has 0 fully saturated rings. The third-order valence-electron chi connectivity index (χ3n) is 3.98. The number of nitrogens with zero attached hydrogens (tertiary/aromatic N) is 3. The molecule has 0 aliphatic heterocycles. The van der Waals surface area contributed by atoms with Gasteiger partial charge in [0.25, 0.3) is 0 Å². The van der Waals surface area contributed by atoms with E-state index >= 15 is 0 Å². The van der Waals surface area contributed by atoms with E-state index in [-0.39, 0.29) is 29.0 Å². The van der Waals surface area contributed by atoms with E-state index in [1.54, 1.807) is 36.4 Å². The minimum Gasteiger partial charge on any atom is -0.439 e. The molecule has 0 N–H and O–H groups in total. The van der Waals surface area contributed by atoms with Gasteiger partial charge < -0.3 is 9.15 Å². The molecule has 0 unspecified atom stereocenters. The largest absolute Gasteiger partial charge is 0.439 e. The molecule has 0 saturated carbocycles. The first-order valence-corrected chi connectivity index (χ1v) is 9.16. The van der Waals surface area contributed by atoms with Gasteiger partial charge in [0.05, 0.1) is 21.7 Å². The Balaban J connectivity index is 1.71. The molecule has 0 saturated heterocycles. The van der Waals surface area contributed by atoms with E-state index in [2.05, 4.69) is 15.2 Å². The fourth-order valence-corrected chi connectivity index (χ4v) is 2.94. The van der Waals surface area contributed by atoms with Crippen molar-refractivity contribution in [3.8, 4) is 34.5 Å². The summed E-state index contributed by atoms with van der Waals surface area (Å²) in [5.41, 5.74) is -1.00. The molecule has 4 aromatic rings. The number of aromatic nitrogens is 3. The van der Waals surface area contributed by atoms with Crippen LogP contribution in [-0.4, -0.2) is 15.2 Å². The molecule has 152 valence electrons. The predicted octanol–water partition coefficient (Wildman–Crippen LogP) is 6.92. The molecular formula is C20H10Cl2F3N3O2. The van der Waals surface area contributed by atoms with Gasteiger partial charge in [-0.25, -0.2) is 4.98 Å². The average molecular weight is 452 g/mol. The zero-order chi connectivity index (χ0) is 21.3. The van der Waals surface area contributed by atoms with E-state index < -0.39 is 11.7 Å². The second kappa shape index (κ2) is 7.97. The SMILES string of the molecule is FC(F)(F)c1cc(Oc2ccc(Cl)cc2)ncc1-c1nnc(-c2ccccc2Cl)o1. The van der Waals surface area contributed by atoms with Crippen molar-refractivity contribution in [1.82, 2.24) is 15.2 Å². The third kappa shape index (κ3) is 4.24. The lowest BCUT2D eigenvalue weighted by Gasteiger charge is -2.12. The van der Waals surface area contributed by atoms with Crippen LogP contribution >= 0.6 is 23.2 Å². The van der Waals surface area contributed by atoms with Crippen LogP contribution in [0.25, 0.3) is 22.9 Å². The first-order valence-electron chi connectivity index (χ1n) is 8.41. The van der Waals surface area contributed by atoms with E-state index in [1.165, 1.54) is 12.1 Å². The van der Waals surface area contributed by atoms with Gasteiger partial charge in [-0.3, -0.25) is 0 Å². The van der Waals surface area contributed by atoms with Crippen molar-refractivity contribution >= 4 is 23.2 Å². The number of hydrogen-bond donors (Lipinski definition) is 0. The van der Waals surface area contributed by atoms with Crippen LogP contribution in [-0.2, 0) is 6.18 Å². The monoisotopic (exact) mass is 451 g/mol. The fourth-order valence-electron chi connectivity index (χ4n) is 2.60. The second-order valence-corrected chi connectivity index (χ2v) is 6.86. The number of ether oxygens (including phenoxy) is 1. The second-order valence-electron chi connectivity index (χ2n) is 6.01. The molecular weight excluding hydrogens is 442 g/mol. The van der Waals surface area contributed by atoms with Crippen molar-refractivity contribution in [3.05, 3.63) is 76.4 Å². The Morgan fingerprint density at radius 2 is 1.53 bits per heavy atom. The van der Waals surface area contributed by atoms with Crippen LogP contribution in [0.1, 0.15) is 5.56 Å². The molecule has 0 aliphatic rings. The Bertz CT molecular complexity index is 1190. The van der Waals surface area contributed by atoms with Gasteiger partial charge in [0.15, 0.2) is 0 Å². The summed E-state index contributed by atoms with van der Waals surface area (Å²) >= 11 is 11.9. The highest BCUT2D eigenvalue weighted by Crippen LogP contribution is 2.39. The highest BCUT2D eigenvalue weighted by molar-refractivity contribution is 6.33. The van der Waals surface area contributed by atoms with Gasteiger partial charge in [0, 0.05) is 17.3 Å². The molecule has 0 radical (unpaired) electrons. The quantitative estimate of drug-likeness (QED) is 0.337. The molecule has 0 bridgehead atoms. The molecule has 4 rings (SSSR count). The van der Waals surface area contributed by atoms with Crippen molar-refractivity contribution in [2.45, 2.75) is 6.18 Å². The summed E-state index contributed by atoms with van der Waals surface area (Å²) < 4.78 is 51.9. The Morgan fingerprint density at radius 3 is 2.20 bits per heavy atom. The van der Waals surface area contributed by atoms with Crippen LogP contribution in [0.4, 0.5) is 13.2 Å². The van der Waals surface area contributed by atoms with Crippen LogP contribution < -0.4 is 4.74 Å². The molecule has 30 heavy (non-hydrogen) atoms. The summed E-state index contributed by atoms with van der Waals surface area (Å²) in [6.45, 7) is 0. The zero-order valence-corrected chi connectivity index (χ0v) is 16.3. The maximum absolute atomic E-state index is 13.7. The lowest BCUT2D eigenvalue weighted by Crippen LogP contribution is -2.08. The van der Waals surface area contributed by atoms with E-state index in [0.717, 1.165) is 12.3 Å². The van der Waals surface area contributed by atoms with Gasteiger partial charge in [-0.05, 0) is 36.4 Å². The number of halogens is 5. The maximum atomic E-state index is 13.7. The van der Waals surface area contributed by atoms with Crippen molar-refractivity contribution in [2.75, 3.05) is 0 Å². The summed E-state index contributed by atoms with van der Waals surface area (Å²) in [4.78, 5) is 3.94. The Labute approximate surface area is 178 Å². The van der Waals surface area contributed by atoms with Crippen LogP contribution in [0.15, 0.2) is 65.2 Å². The van der Waals surface area contributed by atoms with Gasteiger partial charge in [-0.2, -0.15) is 13.2 Å². The number of hydrogen-bond acceptors (Lipinski definition) is 5. The maximum Gasteiger partial charge on any atom is 0.417 e. The molecule has 0 spiro atoms. The first kappa shape index (κ1) is 20.2. The number of rotatable bonds is 4. The zero-order valence-electron chi connectivity index (χ0n) is 14.8. The molecule has 2 heterocycles. The summed E-state index contributed by atoms with van der Waals surface area (Å²) in [6.07, 6.45) is -3.74. The van der Waals surface area contributed by atoms with Crippen molar-refractivity contribution in [1.29, 1.82) is 0 Å². The minimum atomic E-state index is -4.71. The minimum absolute atomic E-state index is 0.00906. The average Bonchev–Trinajstić information content (AvgIpc) is 3.19. The Hall–Kier alpha value is -3.10. The highest BCUT2D eigenvalue weighted by Gasteiger charge is 2.36. The topological polar surface area (TPSA) is 61.0 Å². The van der Waals surface area contributed by atoms with E-state index in [9.17, 15) is 13.2 Å². The molecule has 5 nitrogen and oxygen atoms in total. The Morgan fingerprint density at radius 1 is 0.867 bits per heavy atom. The van der Waals surface area contributed by atoms with Crippen LogP contribution in [0.3, 0.4) is 0 Å². The third-order valence-corrected chi connectivity index (χ3v) is 4.56. The molecule has 10 heteroatoms. The predicted molar refractivity (Wildman–Crippen MR) is 105 cm³/mol. The standard InChI is InChI=1S/C20H10Cl2F3N3O2/c21-11-5-7-12(8-6-11)29-17-9-15(20(23,24)25)14(10-26-17)19-28-27-18(30-19)13-3-1-2-4-16(13)22/h1-10H. The normalized spacial score (nSPS) is 11.5. The summed E-state index contributed by atoms with van der Waals surface area (Å²) in [5, 5.41) is 8.33. The molecule has 0 amide bonds. The molecule has 0 atom stereocenters. The lowest BCUT2D eigenvalue weighted by atomic mass is 10.1. The number of alkyl halides is 3. The van der Waals surface area contributed by atoms with Gasteiger partial charge in [0.1, 0.15) is 5.75 Å². The number of pyridine rings is 1. The smallest absolute Gasteiger partial charge is 0.417 e. The summed E-state index contributed by atoms with van der Waals surface area (Å²) in [7, 11) is 0.